The van der Waals surface area contributed by atoms with Crippen LogP contribution in [0.3, 0.4) is 0 Å². The second kappa shape index (κ2) is 8.39. The van der Waals surface area contributed by atoms with E-state index in [1.165, 1.54) is 25.5 Å². The summed E-state index contributed by atoms with van der Waals surface area (Å²) < 4.78 is 13.4. The number of rotatable bonds is 5. The number of aliphatic imine (C=N–C) groups is 1. The first-order chi connectivity index (χ1) is 10.6. The zero-order chi connectivity index (χ0) is 15.9. The molecule has 0 amide bonds. The molecule has 1 aliphatic rings. The van der Waals surface area contributed by atoms with Gasteiger partial charge in [-0.2, -0.15) is 0 Å². The zero-order valence-corrected chi connectivity index (χ0v) is 14.3. The van der Waals surface area contributed by atoms with Crippen molar-refractivity contribution < 1.29 is 4.39 Å². The Morgan fingerprint density at radius 1 is 1.45 bits per heavy atom. The third-order valence-electron chi connectivity index (χ3n) is 4.09. The molecule has 0 bridgehead atoms. The van der Waals surface area contributed by atoms with Gasteiger partial charge in [-0.3, -0.25) is 4.99 Å². The molecule has 1 fully saturated rings. The van der Waals surface area contributed by atoms with Crippen molar-refractivity contribution in [3.05, 3.63) is 29.6 Å². The molecule has 0 aliphatic carbocycles. The number of halogens is 1. The summed E-state index contributed by atoms with van der Waals surface area (Å²) in [6.07, 6.45) is 4.48. The third-order valence-corrected chi connectivity index (χ3v) is 4.93. The van der Waals surface area contributed by atoms with E-state index in [1.807, 2.05) is 12.3 Å². The van der Waals surface area contributed by atoms with Crippen LogP contribution in [0.25, 0.3) is 0 Å². The summed E-state index contributed by atoms with van der Waals surface area (Å²) in [6.45, 7) is 2.61. The van der Waals surface area contributed by atoms with E-state index in [2.05, 4.69) is 27.6 Å². The predicted octanol–water partition coefficient (Wildman–Crippen LogP) is 2.31. The van der Waals surface area contributed by atoms with Crippen molar-refractivity contribution in [1.82, 2.24) is 15.5 Å². The molecule has 1 unspecified atom stereocenters. The third kappa shape index (κ3) is 4.61. The summed E-state index contributed by atoms with van der Waals surface area (Å²) in [6, 6.07) is 5.46. The van der Waals surface area contributed by atoms with E-state index in [0.717, 1.165) is 23.0 Å². The van der Waals surface area contributed by atoms with Gasteiger partial charge in [0.2, 0.25) is 0 Å². The van der Waals surface area contributed by atoms with Gasteiger partial charge in [0.25, 0.3) is 0 Å². The van der Waals surface area contributed by atoms with Crippen molar-refractivity contribution in [2.45, 2.75) is 30.3 Å². The maximum Gasteiger partial charge on any atom is 0.191 e. The van der Waals surface area contributed by atoms with E-state index in [0.29, 0.717) is 12.6 Å². The molecule has 22 heavy (non-hydrogen) atoms. The average Bonchev–Trinajstić information content (AvgIpc) is 2.93. The zero-order valence-electron chi connectivity index (χ0n) is 13.5. The number of likely N-dealkylation sites (N-methyl/N-ethyl adjacent to an activating group) is 1. The fraction of sp³-hybridized carbons (Fsp3) is 0.562. The lowest BCUT2D eigenvalue weighted by molar-refractivity contribution is 0.309. The molecule has 1 saturated heterocycles. The lowest BCUT2D eigenvalue weighted by Gasteiger charge is -2.21. The Hall–Kier alpha value is -1.27. The number of guanidine groups is 1. The average molecular weight is 324 g/mol. The largest absolute Gasteiger partial charge is 0.355 e. The number of nitrogens with one attached hydrogen (secondary N) is 2. The van der Waals surface area contributed by atoms with Crippen LogP contribution in [0.15, 0.2) is 28.1 Å². The summed E-state index contributed by atoms with van der Waals surface area (Å²) in [7, 11) is 3.92. The number of hydrogen-bond donors (Lipinski definition) is 2. The highest BCUT2D eigenvalue weighted by atomic mass is 32.2. The topological polar surface area (TPSA) is 39.7 Å². The maximum atomic E-state index is 13.4. The SMILES string of the molecule is CN=C(NCc1cc(F)ccc1SC)NCC1CCCN1C. The number of nitrogens with zero attached hydrogens (tertiary/aromatic N) is 2. The second-order valence-electron chi connectivity index (χ2n) is 5.54. The van der Waals surface area contributed by atoms with Crippen LogP contribution < -0.4 is 10.6 Å². The molecule has 2 rings (SSSR count). The van der Waals surface area contributed by atoms with Crippen LogP contribution >= 0.6 is 11.8 Å². The van der Waals surface area contributed by atoms with Gasteiger partial charge in [0.05, 0.1) is 0 Å². The van der Waals surface area contributed by atoms with Crippen LogP contribution in [0.5, 0.6) is 0 Å². The Bertz CT molecular complexity index is 521. The summed E-state index contributed by atoms with van der Waals surface area (Å²) in [5, 5.41) is 6.63. The number of benzene rings is 1. The van der Waals surface area contributed by atoms with Gasteiger partial charge in [0, 0.05) is 31.1 Å². The Kier molecular flexibility index (Phi) is 6.51. The molecule has 2 N–H and O–H groups in total. The monoisotopic (exact) mass is 324 g/mol. The summed E-state index contributed by atoms with van der Waals surface area (Å²) in [5.74, 6) is 0.557. The molecule has 122 valence electrons. The lowest BCUT2D eigenvalue weighted by Crippen LogP contribution is -2.43. The maximum absolute atomic E-state index is 13.4. The van der Waals surface area contributed by atoms with Crippen LogP contribution in [-0.2, 0) is 6.54 Å². The van der Waals surface area contributed by atoms with Crippen molar-refractivity contribution in [1.29, 1.82) is 0 Å². The van der Waals surface area contributed by atoms with Crippen LogP contribution in [0, 0.1) is 5.82 Å². The molecule has 0 saturated carbocycles. The Labute approximate surface area is 136 Å². The fourth-order valence-electron chi connectivity index (χ4n) is 2.74. The summed E-state index contributed by atoms with van der Waals surface area (Å²) >= 11 is 1.62. The van der Waals surface area contributed by atoms with Crippen LogP contribution in [0.1, 0.15) is 18.4 Å². The van der Waals surface area contributed by atoms with Gasteiger partial charge in [-0.05, 0) is 56.5 Å². The van der Waals surface area contributed by atoms with Gasteiger partial charge < -0.3 is 15.5 Å². The minimum absolute atomic E-state index is 0.204. The predicted molar refractivity (Wildman–Crippen MR) is 92.0 cm³/mol. The molecule has 6 heteroatoms. The first kappa shape index (κ1) is 17.1. The molecular weight excluding hydrogens is 299 g/mol. The Balaban J connectivity index is 1.87. The standard InChI is InChI=1S/C16H25FN4S/c1-18-16(20-11-14-5-4-8-21(14)2)19-10-12-9-13(17)6-7-15(12)22-3/h6-7,9,14H,4-5,8,10-11H2,1-3H3,(H2,18,19,20). The van der Waals surface area contributed by atoms with E-state index in [9.17, 15) is 4.39 Å². The summed E-state index contributed by atoms with van der Waals surface area (Å²) in [4.78, 5) is 7.70. The second-order valence-corrected chi connectivity index (χ2v) is 6.39. The molecule has 1 atom stereocenters. The van der Waals surface area contributed by atoms with Crippen molar-refractivity contribution in [3.63, 3.8) is 0 Å². The molecule has 1 aromatic rings. The number of thioether (sulfide) groups is 1. The van der Waals surface area contributed by atoms with Crippen molar-refractivity contribution in [3.8, 4) is 0 Å². The van der Waals surface area contributed by atoms with Gasteiger partial charge in [0.15, 0.2) is 5.96 Å². The molecule has 0 spiro atoms. The molecule has 0 radical (unpaired) electrons. The Morgan fingerprint density at radius 3 is 2.91 bits per heavy atom. The van der Waals surface area contributed by atoms with E-state index in [1.54, 1.807) is 24.9 Å². The van der Waals surface area contributed by atoms with Gasteiger partial charge in [-0.25, -0.2) is 4.39 Å². The molecule has 1 heterocycles. The van der Waals surface area contributed by atoms with Crippen molar-refractivity contribution in [2.24, 2.45) is 4.99 Å². The van der Waals surface area contributed by atoms with Gasteiger partial charge in [-0.15, -0.1) is 11.8 Å². The fourth-order valence-corrected chi connectivity index (χ4v) is 3.33. The minimum atomic E-state index is -0.204. The number of hydrogen-bond acceptors (Lipinski definition) is 3. The first-order valence-corrected chi connectivity index (χ1v) is 8.83. The smallest absolute Gasteiger partial charge is 0.191 e. The van der Waals surface area contributed by atoms with Crippen molar-refractivity contribution >= 4 is 17.7 Å². The highest BCUT2D eigenvalue weighted by Crippen LogP contribution is 2.21. The van der Waals surface area contributed by atoms with Gasteiger partial charge in [-0.1, -0.05) is 0 Å². The Morgan fingerprint density at radius 2 is 2.27 bits per heavy atom. The lowest BCUT2D eigenvalue weighted by atomic mass is 10.2. The molecular formula is C16H25FN4S. The quantitative estimate of drug-likeness (QED) is 0.495. The van der Waals surface area contributed by atoms with Gasteiger partial charge >= 0.3 is 0 Å². The van der Waals surface area contributed by atoms with Crippen LogP contribution in [-0.4, -0.2) is 50.3 Å². The van der Waals surface area contributed by atoms with E-state index in [-0.39, 0.29) is 5.82 Å². The first-order valence-electron chi connectivity index (χ1n) is 7.61. The minimum Gasteiger partial charge on any atom is -0.355 e. The highest BCUT2D eigenvalue weighted by molar-refractivity contribution is 7.98. The van der Waals surface area contributed by atoms with Crippen LogP contribution in [0.2, 0.25) is 0 Å². The van der Waals surface area contributed by atoms with Gasteiger partial charge in [0.1, 0.15) is 5.82 Å². The van der Waals surface area contributed by atoms with Crippen molar-refractivity contribution in [2.75, 3.05) is 33.4 Å². The van der Waals surface area contributed by atoms with E-state index >= 15 is 0 Å². The van der Waals surface area contributed by atoms with Crippen LogP contribution in [0.4, 0.5) is 4.39 Å². The normalized spacial score (nSPS) is 19.5. The van der Waals surface area contributed by atoms with E-state index < -0.39 is 0 Å². The van der Waals surface area contributed by atoms with E-state index in [4.69, 9.17) is 0 Å². The molecule has 1 aromatic carbocycles. The highest BCUT2D eigenvalue weighted by Gasteiger charge is 2.20. The molecule has 1 aliphatic heterocycles. The molecule has 4 nitrogen and oxygen atoms in total. The number of likely N-dealkylation sites (tertiary alicyclic amines) is 1. The summed E-state index contributed by atoms with van der Waals surface area (Å²) in [5.41, 5.74) is 0.952. The molecule has 0 aromatic heterocycles.